The fourth-order valence-electron chi connectivity index (χ4n) is 1.43. The van der Waals surface area contributed by atoms with Crippen LogP contribution in [0.1, 0.15) is 19.8 Å². The molecule has 17 heavy (non-hydrogen) atoms. The molecule has 0 aromatic carbocycles. The zero-order chi connectivity index (χ0) is 10.9. The van der Waals surface area contributed by atoms with E-state index < -0.39 is 0 Å². The molecule has 1 aliphatic heterocycles. The fourth-order valence-corrected chi connectivity index (χ4v) is 1.43. The number of halogens is 2. The van der Waals surface area contributed by atoms with E-state index in [0.717, 1.165) is 32.5 Å². The van der Waals surface area contributed by atoms with Crippen molar-refractivity contribution in [2.45, 2.75) is 25.8 Å². The molecule has 7 heteroatoms. The molecule has 0 aromatic heterocycles. The van der Waals surface area contributed by atoms with E-state index in [4.69, 9.17) is 4.74 Å². The van der Waals surface area contributed by atoms with Crippen molar-refractivity contribution in [3.63, 3.8) is 0 Å². The molecule has 3 N–H and O–H groups in total. The molecule has 1 amide bonds. The number of unbranched alkanes of at least 4 members (excludes halogenated alkanes) is 1. The van der Waals surface area contributed by atoms with Crippen molar-refractivity contribution in [3.8, 4) is 0 Å². The van der Waals surface area contributed by atoms with Crippen LogP contribution in [0.25, 0.3) is 0 Å². The third kappa shape index (κ3) is 9.47. The monoisotopic (exact) mass is 287 g/mol. The molecule has 1 aliphatic rings. The third-order valence-corrected chi connectivity index (χ3v) is 2.34. The number of piperazine rings is 1. The lowest BCUT2D eigenvalue weighted by atomic mass is 10.2. The van der Waals surface area contributed by atoms with Crippen molar-refractivity contribution in [3.05, 3.63) is 0 Å². The molecule has 1 heterocycles. The van der Waals surface area contributed by atoms with Gasteiger partial charge in [-0.2, -0.15) is 0 Å². The van der Waals surface area contributed by atoms with E-state index >= 15 is 0 Å². The second-order valence-corrected chi connectivity index (χ2v) is 3.73. The SMILES string of the molecule is CCCCNC(=O)OCC1CNCCN1.Cl.Cl. The molecule has 0 aliphatic carbocycles. The average molecular weight is 288 g/mol. The van der Waals surface area contributed by atoms with Gasteiger partial charge in [0.1, 0.15) is 6.61 Å². The van der Waals surface area contributed by atoms with Gasteiger partial charge in [0.15, 0.2) is 0 Å². The molecule has 0 saturated carbocycles. The Bertz CT molecular complexity index is 190. The van der Waals surface area contributed by atoms with E-state index in [1.54, 1.807) is 0 Å². The van der Waals surface area contributed by atoms with Gasteiger partial charge >= 0.3 is 6.09 Å². The number of ether oxygens (including phenoxy) is 1. The van der Waals surface area contributed by atoms with E-state index in [9.17, 15) is 4.79 Å². The Labute approximate surface area is 115 Å². The Balaban J connectivity index is 0. The molecule has 0 radical (unpaired) electrons. The topological polar surface area (TPSA) is 62.4 Å². The quantitative estimate of drug-likeness (QED) is 0.658. The average Bonchev–Trinajstić information content (AvgIpc) is 2.28. The summed E-state index contributed by atoms with van der Waals surface area (Å²) in [7, 11) is 0. The van der Waals surface area contributed by atoms with Gasteiger partial charge in [0.2, 0.25) is 0 Å². The first kappa shape index (κ1) is 19.1. The summed E-state index contributed by atoms with van der Waals surface area (Å²) in [4.78, 5) is 11.2. The summed E-state index contributed by atoms with van der Waals surface area (Å²) in [6, 6.07) is 0.246. The van der Waals surface area contributed by atoms with Crippen molar-refractivity contribution in [1.82, 2.24) is 16.0 Å². The van der Waals surface area contributed by atoms with Crippen molar-refractivity contribution in [1.29, 1.82) is 0 Å². The highest BCUT2D eigenvalue weighted by Crippen LogP contribution is 1.90. The van der Waals surface area contributed by atoms with Crippen molar-refractivity contribution in [2.75, 3.05) is 32.8 Å². The summed E-state index contributed by atoms with van der Waals surface area (Å²) in [5, 5.41) is 9.22. The maximum absolute atomic E-state index is 11.2. The Morgan fingerprint density at radius 3 is 2.76 bits per heavy atom. The van der Waals surface area contributed by atoms with Crippen molar-refractivity contribution < 1.29 is 9.53 Å². The Morgan fingerprint density at radius 2 is 2.18 bits per heavy atom. The molecule has 1 rings (SSSR count). The van der Waals surface area contributed by atoms with Gasteiger partial charge in [-0.05, 0) is 6.42 Å². The standard InChI is InChI=1S/C10H21N3O2.2ClH/c1-2-3-4-13-10(14)15-8-9-7-11-5-6-12-9;;/h9,11-12H,2-8H2,1H3,(H,13,14);2*1H. The minimum absolute atomic E-state index is 0. The number of nitrogens with one attached hydrogen (secondary N) is 3. The lowest BCUT2D eigenvalue weighted by Gasteiger charge is -2.23. The van der Waals surface area contributed by atoms with Crippen LogP contribution in [-0.4, -0.2) is 44.9 Å². The highest BCUT2D eigenvalue weighted by atomic mass is 35.5. The first-order chi connectivity index (χ1) is 7.33. The normalized spacial score (nSPS) is 18.5. The number of carbonyl (C=O) groups is 1. The second kappa shape index (κ2) is 12.2. The van der Waals surface area contributed by atoms with Crippen molar-refractivity contribution in [2.24, 2.45) is 0 Å². The summed E-state index contributed by atoms with van der Waals surface area (Å²) >= 11 is 0. The number of carbonyl (C=O) groups excluding carboxylic acids is 1. The molecule has 0 bridgehead atoms. The summed E-state index contributed by atoms with van der Waals surface area (Å²) in [6.07, 6.45) is 1.77. The van der Waals surface area contributed by atoms with Gasteiger partial charge in [0, 0.05) is 26.2 Å². The maximum Gasteiger partial charge on any atom is 0.407 e. The predicted octanol–water partition coefficient (Wildman–Crippen LogP) is 0.918. The third-order valence-electron chi connectivity index (χ3n) is 2.34. The van der Waals surface area contributed by atoms with Crippen LogP contribution in [0.5, 0.6) is 0 Å². The van der Waals surface area contributed by atoms with E-state index in [-0.39, 0.29) is 36.9 Å². The highest BCUT2D eigenvalue weighted by Gasteiger charge is 2.13. The summed E-state index contributed by atoms with van der Waals surface area (Å²) in [5.74, 6) is 0. The zero-order valence-corrected chi connectivity index (χ0v) is 11.8. The van der Waals surface area contributed by atoms with Crippen molar-refractivity contribution >= 4 is 30.9 Å². The van der Waals surface area contributed by atoms with E-state index in [2.05, 4.69) is 22.9 Å². The van der Waals surface area contributed by atoms with Crippen LogP contribution >= 0.6 is 24.8 Å². The lowest BCUT2D eigenvalue weighted by molar-refractivity contribution is 0.130. The second-order valence-electron chi connectivity index (χ2n) is 3.73. The van der Waals surface area contributed by atoms with Gasteiger partial charge in [-0.25, -0.2) is 4.79 Å². The summed E-state index contributed by atoms with van der Waals surface area (Å²) < 4.78 is 5.08. The summed E-state index contributed by atoms with van der Waals surface area (Å²) in [5.41, 5.74) is 0. The van der Waals surface area contributed by atoms with Gasteiger partial charge in [-0.15, -0.1) is 24.8 Å². The highest BCUT2D eigenvalue weighted by molar-refractivity contribution is 5.85. The number of hydrogen-bond donors (Lipinski definition) is 3. The van der Waals surface area contributed by atoms with E-state index in [0.29, 0.717) is 13.2 Å². The molecule has 0 spiro atoms. The number of amides is 1. The Morgan fingerprint density at radius 1 is 1.41 bits per heavy atom. The lowest BCUT2D eigenvalue weighted by Crippen LogP contribution is -2.51. The zero-order valence-electron chi connectivity index (χ0n) is 10.2. The van der Waals surface area contributed by atoms with E-state index in [1.165, 1.54) is 0 Å². The maximum atomic E-state index is 11.2. The van der Waals surface area contributed by atoms with Crippen LogP contribution in [0.3, 0.4) is 0 Å². The fraction of sp³-hybridized carbons (Fsp3) is 0.900. The van der Waals surface area contributed by atoms with Crippen LogP contribution in [-0.2, 0) is 4.74 Å². The molecular formula is C10H23Cl2N3O2. The largest absolute Gasteiger partial charge is 0.448 e. The van der Waals surface area contributed by atoms with Gasteiger partial charge < -0.3 is 20.7 Å². The van der Waals surface area contributed by atoms with Crippen LogP contribution in [0.15, 0.2) is 0 Å². The molecular weight excluding hydrogens is 265 g/mol. The van der Waals surface area contributed by atoms with E-state index in [1.807, 2.05) is 0 Å². The Kier molecular flexibility index (Phi) is 13.8. The molecule has 0 aromatic rings. The number of alkyl carbamates (subject to hydrolysis) is 1. The number of hydrogen-bond acceptors (Lipinski definition) is 4. The minimum atomic E-state index is -0.309. The number of rotatable bonds is 5. The first-order valence-electron chi connectivity index (χ1n) is 5.67. The minimum Gasteiger partial charge on any atom is -0.448 e. The van der Waals surface area contributed by atoms with Gasteiger partial charge in [-0.1, -0.05) is 13.3 Å². The predicted molar refractivity (Wildman–Crippen MR) is 73.4 cm³/mol. The molecule has 1 unspecified atom stereocenters. The molecule has 5 nitrogen and oxygen atoms in total. The van der Waals surface area contributed by atoms with Crippen LogP contribution in [0.2, 0.25) is 0 Å². The smallest absolute Gasteiger partial charge is 0.407 e. The van der Waals surface area contributed by atoms with Gasteiger partial charge in [0.25, 0.3) is 0 Å². The van der Waals surface area contributed by atoms with Gasteiger partial charge in [0.05, 0.1) is 6.04 Å². The summed E-state index contributed by atoms with van der Waals surface area (Å²) in [6.45, 7) is 6.01. The van der Waals surface area contributed by atoms with Crippen LogP contribution < -0.4 is 16.0 Å². The molecule has 1 atom stereocenters. The Hall–Kier alpha value is -0.230. The molecule has 1 saturated heterocycles. The van der Waals surface area contributed by atoms with Gasteiger partial charge in [-0.3, -0.25) is 0 Å². The molecule has 104 valence electrons. The molecule has 1 fully saturated rings. The van der Waals surface area contributed by atoms with Crippen LogP contribution in [0.4, 0.5) is 4.79 Å². The first-order valence-corrected chi connectivity index (χ1v) is 5.67. The van der Waals surface area contributed by atoms with Crippen LogP contribution in [0, 0.1) is 0 Å².